The van der Waals surface area contributed by atoms with Crippen LogP contribution in [0.3, 0.4) is 0 Å². The van der Waals surface area contributed by atoms with E-state index in [0.29, 0.717) is 22.6 Å². The molecule has 2 heterocycles. The summed E-state index contributed by atoms with van der Waals surface area (Å²) < 4.78 is 10.3. The average molecular weight is 493 g/mol. The monoisotopic (exact) mass is 492 g/mol. The number of aliphatic hydroxyl groups is 1. The van der Waals surface area contributed by atoms with Gasteiger partial charge in [-0.15, -0.1) is 0 Å². The van der Waals surface area contributed by atoms with Gasteiger partial charge < -0.3 is 14.6 Å². The number of Topliss-reactive ketones (excluding diaryl/α,β-unsaturated/α-hetero) is 1. The molecule has 0 radical (unpaired) electrons. The maximum absolute atomic E-state index is 13.3. The van der Waals surface area contributed by atoms with Gasteiger partial charge in [0, 0.05) is 5.56 Å². The summed E-state index contributed by atoms with van der Waals surface area (Å²) in [5.74, 6) is -2.07. The molecule has 1 amide bonds. The molecule has 1 N–H and O–H groups in total. The number of aromatic nitrogens is 1. The minimum atomic E-state index is -0.942. The van der Waals surface area contributed by atoms with Crippen molar-refractivity contribution in [2.75, 3.05) is 18.6 Å². The summed E-state index contributed by atoms with van der Waals surface area (Å²) in [6.45, 7) is 5.45. The molecule has 2 aromatic carbocycles. The second-order valence-electron chi connectivity index (χ2n) is 7.94. The molecule has 1 unspecified atom stereocenters. The van der Waals surface area contributed by atoms with E-state index in [1.807, 2.05) is 19.1 Å². The molecule has 9 heteroatoms. The van der Waals surface area contributed by atoms with Crippen molar-refractivity contribution in [3.05, 3.63) is 81.4 Å². The number of benzene rings is 2. The summed E-state index contributed by atoms with van der Waals surface area (Å²) in [5.41, 5.74) is 2.26. The Balaban J connectivity index is 1.91. The van der Waals surface area contributed by atoms with Crippen molar-refractivity contribution >= 4 is 39.9 Å². The lowest BCUT2D eigenvalue weighted by Gasteiger charge is -2.23. The fourth-order valence-electron chi connectivity index (χ4n) is 3.89. The average Bonchev–Trinajstić information content (AvgIpc) is 3.36. The first-order valence-electron chi connectivity index (χ1n) is 10.9. The zero-order valence-electron chi connectivity index (χ0n) is 19.7. The number of carbonyl (C=O) groups is 3. The fourth-order valence-corrected chi connectivity index (χ4v) is 4.88. The van der Waals surface area contributed by atoms with Crippen molar-refractivity contribution in [2.24, 2.45) is 0 Å². The van der Waals surface area contributed by atoms with E-state index < -0.39 is 23.7 Å². The Bertz CT molecular complexity index is 1340. The van der Waals surface area contributed by atoms with Crippen molar-refractivity contribution in [3.63, 3.8) is 0 Å². The highest BCUT2D eigenvalue weighted by Gasteiger charge is 2.48. The summed E-state index contributed by atoms with van der Waals surface area (Å²) in [6, 6.07) is 13.0. The van der Waals surface area contributed by atoms with Crippen molar-refractivity contribution < 1.29 is 29.0 Å². The number of methoxy groups -OCH3 is 1. The number of ether oxygens (including phenoxy) is 2. The molecule has 1 saturated heterocycles. The first-order valence-corrected chi connectivity index (χ1v) is 11.7. The van der Waals surface area contributed by atoms with Crippen LogP contribution in [0.1, 0.15) is 45.0 Å². The molecule has 4 rings (SSSR count). The Kier molecular flexibility index (Phi) is 6.70. The van der Waals surface area contributed by atoms with Crippen molar-refractivity contribution in [3.8, 4) is 5.75 Å². The lowest BCUT2D eigenvalue weighted by molar-refractivity contribution is -0.132. The molecule has 1 fully saturated rings. The molecule has 0 aliphatic carbocycles. The molecular weight excluding hydrogens is 468 g/mol. The van der Waals surface area contributed by atoms with E-state index in [9.17, 15) is 19.5 Å². The minimum Gasteiger partial charge on any atom is -0.507 e. The predicted molar refractivity (Wildman–Crippen MR) is 132 cm³/mol. The zero-order chi connectivity index (χ0) is 25.3. The van der Waals surface area contributed by atoms with Gasteiger partial charge in [0.2, 0.25) is 0 Å². The number of aryl methyl sites for hydroxylation is 2. The number of nitrogens with zero attached hydrogens (tertiary/aromatic N) is 2. The van der Waals surface area contributed by atoms with Gasteiger partial charge in [0.25, 0.3) is 5.78 Å². The molecule has 35 heavy (non-hydrogen) atoms. The van der Waals surface area contributed by atoms with Crippen LogP contribution in [-0.2, 0) is 14.3 Å². The lowest BCUT2D eigenvalue weighted by Crippen LogP contribution is -2.29. The van der Waals surface area contributed by atoms with E-state index in [4.69, 9.17) is 9.47 Å². The molecule has 0 spiro atoms. The zero-order valence-corrected chi connectivity index (χ0v) is 20.5. The number of carbonyl (C=O) groups excluding carboxylic acids is 3. The van der Waals surface area contributed by atoms with Crippen LogP contribution < -0.4 is 9.64 Å². The van der Waals surface area contributed by atoms with E-state index in [1.165, 1.54) is 12.0 Å². The minimum absolute atomic E-state index is 0.0716. The Labute approximate surface area is 206 Å². The van der Waals surface area contributed by atoms with E-state index >= 15 is 0 Å². The maximum atomic E-state index is 13.3. The number of ketones is 1. The number of hydrogen-bond donors (Lipinski definition) is 1. The molecular formula is C26H24N2O6S. The molecule has 1 aliphatic rings. The van der Waals surface area contributed by atoms with Crippen LogP contribution in [0.5, 0.6) is 5.75 Å². The van der Waals surface area contributed by atoms with Gasteiger partial charge in [0.05, 0.1) is 31.0 Å². The lowest BCUT2D eigenvalue weighted by atomic mass is 9.95. The van der Waals surface area contributed by atoms with Crippen LogP contribution in [0.2, 0.25) is 0 Å². The maximum Gasteiger partial charge on any atom is 0.350 e. The molecule has 1 atom stereocenters. The normalized spacial score (nSPS) is 17.0. The molecule has 8 nitrogen and oxygen atoms in total. The third kappa shape index (κ3) is 4.42. The van der Waals surface area contributed by atoms with Crippen molar-refractivity contribution in [1.82, 2.24) is 4.98 Å². The van der Waals surface area contributed by atoms with E-state index in [-0.39, 0.29) is 27.9 Å². The topological polar surface area (TPSA) is 106 Å². The largest absolute Gasteiger partial charge is 0.507 e. The van der Waals surface area contributed by atoms with Crippen LogP contribution >= 0.6 is 11.3 Å². The smallest absolute Gasteiger partial charge is 0.350 e. The molecule has 1 aromatic heterocycles. The van der Waals surface area contributed by atoms with Crippen LogP contribution in [0.15, 0.2) is 54.1 Å². The van der Waals surface area contributed by atoms with Gasteiger partial charge in [-0.05, 0) is 38.5 Å². The van der Waals surface area contributed by atoms with Crippen LogP contribution in [-0.4, -0.2) is 41.5 Å². The Morgan fingerprint density at radius 2 is 1.86 bits per heavy atom. The SMILES string of the molecule is CCOC(=O)c1sc(N2C(=O)C(=O)C(=C(O)c3cccc(OC)c3)C2c2ccc(C)cc2)nc1C. The number of esters is 1. The highest BCUT2D eigenvalue weighted by molar-refractivity contribution is 7.17. The Morgan fingerprint density at radius 1 is 1.14 bits per heavy atom. The number of aliphatic hydroxyl groups excluding tert-OH is 1. The number of thiazole rings is 1. The first-order chi connectivity index (χ1) is 16.8. The van der Waals surface area contributed by atoms with E-state index in [2.05, 4.69) is 4.98 Å². The van der Waals surface area contributed by atoms with E-state index in [0.717, 1.165) is 16.9 Å². The quantitative estimate of drug-likeness (QED) is 0.232. The standard InChI is InChI=1S/C26H24N2O6S/c1-5-34-25(32)23-15(3)27-26(35-23)28-20(16-11-9-14(2)10-12-16)19(22(30)24(28)31)21(29)17-7-6-8-18(13-17)33-4/h6-13,20,29H,5H2,1-4H3. The second kappa shape index (κ2) is 9.71. The summed E-state index contributed by atoms with van der Waals surface area (Å²) >= 11 is 0.971. The Hall–Kier alpha value is -3.98. The first kappa shape index (κ1) is 24.2. The Morgan fingerprint density at radius 3 is 2.51 bits per heavy atom. The van der Waals surface area contributed by atoms with E-state index in [1.54, 1.807) is 50.2 Å². The van der Waals surface area contributed by atoms with Crippen molar-refractivity contribution in [1.29, 1.82) is 0 Å². The van der Waals surface area contributed by atoms with Crippen LogP contribution in [0, 0.1) is 13.8 Å². The van der Waals surface area contributed by atoms with Crippen LogP contribution in [0.25, 0.3) is 5.76 Å². The highest BCUT2D eigenvalue weighted by Crippen LogP contribution is 2.44. The number of rotatable bonds is 6. The summed E-state index contributed by atoms with van der Waals surface area (Å²) in [4.78, 5) is 44.8. The number of amides is 1. The molecule has 1 aliphatic heterocycles. The number of anilines is 1. The fraction of sp³-hybridized carbons (Fsp3) is 0.231. The van der Waals surface area contributed by atoms with Gasteiger partial charge in [-0.2, -0.15) is 0 Å². The molecule has 0 bridgehead atoms. The van der Waals surface area contributed by atoms with Gasteiger partial charge in [-0.3, -0.25) is 14.5 Å². The van der Waals surface area contributed by atoms with Gasteiger partial charge in [0.1, 0.15) is 16.4 Å². The summed E-state index contributed by atoms with van der Waals surface area (Å²) in [6.07, 6.45) is 0. The van der Waals surface area contributed by atoms with Gasteiger partial charge in [0.15, 0.2) is 5.13 Å². The van der Waals surface area contributed by atoms with Crippen molar-refractivity contribution in [2.45, 2.75) is 26.8 Å². The van der Waals surface area contributed by atoms with Gasteiger partial charge >= 0.3 is 11.9 Å². The molecule has 180 valence electrons. The molecule has 0 saturated carbocycles. The summed E-state index contributed by atoms with van der Waals surface area (Å²) in [5, 5.41) is 11.4. The van der Waals surface area contributed by atoms with Crippen LogP contribution in [0.4, 0.5) is 5.13 Å². The third-order valence-corrected chi connectivity index (χ3v) is 6.77. The number of hydrogen-bond acceptors (Lipinski definition) is 8. The second-order valence-corrected chi connectivity index (χ2v) is 8.92. The highest BCUT2D eigenvalue weighted by atomic mass is 32.1. The molecule has 3 aromatic rings. The van der Waals surface area contributed by atoms with Gasteiger partial charge in [-0.25, -0.2) is 9.78 Å². The predicted octanol–water partition coefficient (Wildman–Crippen LogP) is 4.57. The summed E-state index contributed by atoms with van der Waals surface area (Å²) in [7, 11) is 1.50. The third-order valence-electron chi connectivity index (χ3n) is 5.63. The van der Waals surface area contributed by atoms with Gasteiger partial charge in [-0.1, -0.05) is 53.3 Å².